The Bertz CT molecular complexity index is 286. The molecule has 1 aliphatic rings. The quantitative estimate of drug-likeness (QED) is 0.706. The predicted octanol–water partition coefficient (Wildman–Crippen LogP) is 0.816. The number of rotatable bonds is 3. The van der Waals surface area contributed by atoms with Crippen molar-refractivity contribution in [2.75, 3.05) is 12.9 Å². The van der Waals surface area contributed by atoms with Gasteiger partial charge in [-0.25, -0.2) is 0 Å². The summed E-state index contributed by atoms with van der Waals surface area (Å²) in [7, 11) is 1.30. The molecule has 0 radical (unpaired) electrons. The van der Waals surface area contributed by atoms with Gasteiger partial charge in [-0.1, -0.05) is 11.8 Å². The average Bonchev–Trinajstić information content (AvgIpc) is 2.60. The Morgan fingerprint density at radius 2 is 2.21 bits per heavy atom. The highest BCUT2D eigenvalue weighted by Gasteiger charge is 2.19. The van der Waals surface area contributed by atoms with Crippen molar-refractivity contribution in [1.82, 2.24) is 0 Å². The molecule has 5 heteroatoms. The highest BCUT2D eigenvalue weighted by molar-refractivity contribution is 8.14. The molecule has 0 unspecified atom stereocenters. The Hall–Kier alpha value is -0.970. The zero-order valence-electron chi connectivity index (χ0n) is 8.04. The van der Waals surface area contributed by atoms with Crippen molar-refractivity contribution in [2.45, 2.75) is 19.3 Å². The van der Waals surface area contributed by atoms with Crippen LogP contribution in [0.5, 0.6) is 0 Å². The van der Waals surface area contributed by atoms with Gasteiger partial charge in [0.05, 0.1) is 12.9 Å². The number of hydrogen-bond acceptors (Lipinski definition) is 5. The molecule has 0 amide bonds. The molecule has 2 N–H and O–H groups in total. The topological polar surface area (TPSA) is 69.4 Å². The summed E-state index contributed by atoms with van der Waals surface area (Å²) in [5.74, 6) is -0.327. The molecule has 0 aromatic rings. The molecule has 0 spiro atoms. The van der Waals surface area contributed by atoms with E-state index in [0.717, 1.165) is 31.0 Å². The second kappa shape index (κ2) is 5.05. The molecular weight excluding hydrogens is 202 g/mol. The van der Waals surface area contributed by atoms with Crippen molar-refractivity contribution in [1.29, 1.82) is 0 Å². The van der Waals surface area contributed by atoms with Gasteiger partial charge in [-0.2, -0.15) is 0 Å². The van der Waals surface area contributed by atoms with E-state index in [1.807, 2.05) is 0 Å². The standard InChI is InChI=1S/C9H13NO3S/c1-13-8(11)5-14-9(12)6-3-2-4-7(6)10/h2-5,10H2,1H3. The maximum atomic E-state index is 11.5. The summed E-state index contributed by atoms with van der Waals surface area (Å²) < 4.78 is 4.43. The van der Waals surface area contributed by atoms with E-state index in [1.54, 1.807) is 0 Å². The van der Waals surface area contributed by atoms with Gasteiger partial charge in [0.2, 0.25) is 5.12 Å². The monoisotopic (exact) mass is 215 g/mol. The highest BCUT2D eigenvalue weighted by Crippen LogP contribution is 2.26. The van der Waals surface area contributed by atoms with Gasteiger partial charge in [0, 0.05) is 11.3 Å². The number of allylic oxidation sites excluding steroid dienone is 1. The number of carbonyl (C=O) groups excluding carboxylic acids is 2. The Kier molecular flexibility index (Phi) is 4.00. The first kappa shape index (κ1) is 11.1. The Morgan fingerprint density at radius 3 is 2.71 bits per heavy atom. The molecule has 78 valence electrons. The lowest BCUT2D eigenvalue weighted by Crippen LogP contribution is -2.09. The number of thioether (sulfide) groups is 1. The number of esters is 1. The lowest BCUT2D eigenvalue weighted by Gasteiger charge is -2.01. The van der Waals surface area contributed by atoms with Crippen LogP contribution in [-0.4, -0.2) is 23.9 Å². The Balaban J connectivity index is 2.43. The van der Waals surface area contributed by atoms with E-state index in [4.69, 9.17) is 5.73 Å². The van der Waals surface area contributed by atoms with Crippen molar-refractivity contribution in [3.8, 4) is 0 Å². The molecule has 0 saturated heterocycles. The summed E-state index contributed by atoms with van der Waals surface area (Å²) in [6, 6.07) is 0. The van der Waals surface area contributed by atoms with Crippen LogP contribution in [0.2, 0.25) is 0 Å². The number of nitrogens with two attached hydrogens (primary N) is 1. The second-order valence-electron chi connectivity index (χ2n) is 3.01. The zero-order valence-corrected chi connectivity index (χ0v) is 8.86. The van der Waals surface area contributed by atoms with E-state index in [-0.39, 0.29) is 16.8 Å². The van der Waals surface area contributed by atoms with Crippen LogP contribution in [0, 0.1) is 0 Å². The van der Waals surface area contributed by atoms with Gasteiger partial charge in [0.15, 0.2) is 0 Å². The van der Waals surface area contributed by atoms with Crippen molar-refractivity contribution in [3.63, 3.8) is 0 Å². The van der Waals surface area contributed by atoms with Crippen LogP contribution < -0.4 is 5.73 Å². The molecule has 0 fully saturated rings. The van der Waals surface area contributed by atoms with Crippen LogP contribution in [0.15, 0.2) is 11.3 Å². The largest absolute Gasteiger partial charge is 0.468 e. The third-order valence-electron chi connectivity index (χ3n) is 2.06. The first-order chi connectivity index (χ1) is 6.65. The van der Waals surface area contributed by atoms with Crippen LogP contribution in [0.1, 0.15) is 19.3 Å². The summed E-state index contributed by atoms with van der Waals surface area (Å²) in [6.45, 7) is 0. The molecule has 0 saturated carbocycles. The summed E-state index contributed by atoms with van der Waals surface area (Å²) in [5.41, 5.74) is 7.00. The average molecular weight is 215 g/mol. The van der Waals surface area contributed by atoms with Crippen molar-refractivity contribution in [3.05, 3.63) is 11.3 Å². The van der Waals surface area contributed by atoms with Crippen molar-refractivity contribution < 1.29 is 14.3 Å². The maximum Gasteiger partial charge on any atom is 0.316 e. The van der Waals surface area contributed by atoms with E-state index in [9.17, 15) is 9.59 Å². The third kappa shape index (κ3) is 2.77. The summed E-state index contributed by atoms with van der Waals surface area (Å²) >= 11 is 0.959. The molecule has 4 nitrogen and oxygen atoms in total. The van der Waals surface area contributed by atoms with Gasteiger partial charge in [-0.15, -0.1) is 0 Å². The second-order valence-corrected chi connectivity index (χ2v) is 3.96. The minimum absolute atomic E-state index is 0.0616. The summed E-state index contributed by atoms with van der Waals surface area (Å²) in [6.07, 6.45) is 2.46. The van der Waals surface area contributed by atoms with Gasteiger partial charge in [-0.3, -0.25) is 9.59 Å². The zero-order chi connectivity index (χ0) is 10.6. The number of carbonyl (C=O) groups is 2. The molecule has 0 aromatic heterocycles. The lowest BCUT2D eigenvalue weighted by molar-refractivity contribution is -0.137. The molecule has 0 aromatic carbocycles. The molecular formula is C9H13NO3S. The first-order valence-corrected chi connectivity index (χ1v) is 5.35. The van der Waals surface area contributed by atoms with E-state index >= 15 is 0 Å². The van der Waals surface area contributed by atoms with Gasteiger partial charge in [0.1, 0.15) is 0 Å². The van der Waals surface area contributed by atoms with Crippen molar-refractivity contribution in [2.24, 2.45) is 5.73 Å². The summed E-state index contributed by atoms with van der Waals surface area (Å²) in [5, 5.41) is -0.0922. The fourth-order valence-corrected chi connectivity index (χ4v) is 2.04. The molecule has 0 aliphatic heterocycles. The van der Waals surface area contributed by atoms with Crippen LogP contribution in [-0.2, 0) is 14.3 Å². The highest BCUT2D eigenvalue weighted by atomic mass is 32.2. The predicted molar refractivity (Wildman–Crippen MR) is 54.5 cm³/mol. The SMILES string of the molecule is COC(=O)CSC(=O)C1=C(N)CCC1. The fraction of sp³-hybridized carbons (Fsp3) is 0.556. The fourth-order valence-electron chi connectivity index (χ4n) is 1.27. The van der Waals surface area contributed by atoms with Gasteiger partial charge >= 0.3 is 5.97 Å². The molecule has 0 bridgehead atoms. The van der Waals surface area contributed by atoms with E-state index in [0.29, 0.717) is 11.3 Å². The molecule has 0 heterocycles. The maximum absolute atomic E-state index is 11.5. The molecule has 0 atom stereocenters. The van der Waals surface area contributed by atoms with Crippen LogP contribution in [0.4, 0.5) is 0 Å². The smallest absolute Gasteiger partial charge is 0.316 e. The number of ether oxygens (including phenoxy) is 1. The van der Waals surface area contributed by atoms with E-state index in [2.05, 4.69) is 4.74 Å². The molecule has 14 heavy (non-hydrogen) atoms. The minimum atomic E-state index is -0.388. The van der Waals surface area contributed by atoms with Crippen LogP contribution in [0.25, 0.3) is 0 Å². The third-order valence-corrected chi connectivity index (χ3v) is 2.94. The summed E-state index contributed by atoms with van der Waals surface area (Å²) in [4.78, 5) is 22.3. The van der Waals surface area contributed by atoms with Gasteiger partial charge in [0.25, 0.3) is 0 Å². The lowest BCUT2D eigenvalue weighted by atomic mass is 10.2. The molecule has 1 aliphatic carbocycles. The Labute approximate surface area is 86.9 Å². The van der Waals surface area contributed by atoms with Crippen LogP contribution >= 0.6 is 11.8 Å². The van der Waals surface area contributed by atoms with E-state index < -0.39 is 0 Å². The van der Waals surface area contributed by atoms with Crippen LogP contribution in [0.3, 0.4) is 0 Å². The van der Waals surface area contributed by atoms with Gasteiger partial charge < -0.3 is 10.5 Å². The van der Waals surface area contributed by atoms with Gasteiger partial charge in [-0.05, 0) is 19.3 Å². The minimum Gasteiger partial charge on any atom is -0.468 e. The number of methoxy groups -OCH3 is 1. The van der Waals surface area contributed by atoms with E-state index in [1.165, 1.54) is 7.11 Å². The molecule has 1 rings (SSSR count). The van der Waals surface area contributed by atoms with Crippen molar-refractivity contribution >= 4 is 22.8 Å². The normalized spacial score (nSPS) is 15.8. The first-order valence-electron chi connectivity index (χ1n) is 4.36. The number of hydrogen-bond donors (Lipinski definition) is 1. The Morgan fingerprint density at radius 1 is 1.50 bits per heavy atom.